The third-order valence-corrected chi connectivity index (χ3v) is 5.07. The molecule has 2 aliphatic heterocycles. The molecule has 2 aromatic carbocycles. The fourth-order valence-electron chi connectivity index (χ4n) is 3.66. The van der Waals surface area contributed by atoms with Gasteiger partial charge in [0.1, 0.15) is 17.9 Å². The van der Waals surface area contributed by atoms with E-state index in [1.165, 1.54) is 6.08 Å². The Bertz CT molecular complexity index is 836. The number of fused-ring (bicyclic) bond motifs is 2. The van der Waals surface area contributed by atoms with Gasteiger partial charge in [0.2, 0.25) is 5.91 Å². The van der Waals surface area contributed by atoms with Gasteiger partial charge in [-0.15, -0.1) is 0 Å². The second kappa shape index (κ2) is 6.21. The van der Waals surface area contributed by atoms with Crippen LogP contribution < -0.4 is 4.74 Å². The van der Waals surface area contributed by atoms with Gasteiger partial charge in [-0.3, -0.25) is 4.79 Å². The molecule has 2 aliphatic rings. The molecule has 1 atom stereocenters. The Balaban J connectivity index is 1.89. The molecule has 0 unspecified atom stereocenters. The van der Waals surface area contributed by atoms with Gasteiger partial charge in [0.15, 0.2) is 0 Å². The highest BCUT2D eigenvalue weighted by atomic mass is 35.5. The smallest absolute Gasteiger partial charge is 0.246 e. The summed E-state index contributed by atoms with van der Waals surface area (Å²) in [5.41, 5.74) is 2.19. The summed E-state index contributed by atoms with van der Waals surface area (Å²) in [5.74, 6) is 0.643. The minimum Gasteiger partial charge on any atom is -0.490 e. The molecule has 0 aromatic heterocycles. The zero-order valence-corrected chi connectivity index (χ0v) is 14.5. The van der Waals surface area contributed by atoms with E-state index in [1.807, 2.05) is 42.5 Å². The Labute approximate surface area is 151 Å². The van der Waals surface area contributed by atoms with Crippen LogP contribution in [-0.4, -0.2) is 37.2 Å². The van der Waals surface area contributed by atoms with Crippen molar-refractivity contribution >= 4 is 17.5 Å². The van der Waals surface area contributed by atoms with Gasteiger partial charge >= 0.3 is 0 Å². The number of nitrogens with zero attached hydrogens (tertiary/aromatic N) is 1. The fraction of sp³-hybridized carbons (Fsp3) is 0.250. The van der Waals surface area contributed by atoms with Gasteiger partial charge in [0.05, 0.1) is 13.2 Å². The molecule has 4 rings (SSSR count). The largest absolute Gasteiger partial charge is 0.490 e. The van der Waals surface area contributed by atoms with Crippen LogP contribution in [0.25, 0.3) is 11.1 Å². The van der Waals surface area contributed by atoms with Gasteiger partial charge in [0.25, 0.3) is 0 Å². The molecule has 0 N–H and O–H groups in total. The lowest BCUT2D eigenvalue weighted by Crippen LogP contribution is -2.57. The van der Waals surface area contributed by atoms with E-state index in [0.717, 1.165) is 22.4 Å². The number of rotatable bonds is 2. The number of halogens is 1. The topological polar surface area (TPSA) is 38.8 Å². The first-order valence-corrected chi connectivity index (χ1v) is 8.57. The van der Waals surface area contributed by atoms with E-state index in [-0.39, 0.29) is 5.91 Å². The average molecular weight is 356 g/mol. The van der Waals surface area contributed by atoms with E-state index in [1.54, 1.807) is 4.90 Å². The van der Waals surface area contributed by atoms with Crippen LogP contribution in [0.4, 0.5) is 0 Å². The summed E-state index contributed by atoms with van der Waals surface area (Å²) < 4.78 is 11.8. The second-order valence-corrected chi connectivity index (χ2v) is 6.70. The Morgan fingerprint density at radius 2 is 2.04 bits per heavy atom. The van der Waals surface area contributed by atoms with Crippen LogP contribution >= 0.6 is 11.6 Å². The molecule has 0 radical (unpaired) electrons. The number of ether oxygens (including phenoxy) is 2. The number of amides is 1. The molecule has 0 saturated carbocycles. The van der Waals surface area contributed by atoms with Crippen molar-refractivity contribution in [1.82, 2.24) is 4.90 Å². The summed E-state index contributed by atoms with van der Waals surface area (Å²) in [6, 6.07) is 13.7. The second-order valence-electron chi connectivity index (χ2n) is 6.26. The highest BCUT2D eigenvalue weighted by molar-refractivity contribution is 6.31. The first-order chi connectivity index (χ1) is 12.2. The molecule has 1 spiro atoms. The highest BCUT2D eigenvalue weighted by Gasteiger charge is 2.50. The molecular formula is C20H18ClNO3. The van der Waals surface area contributed by atoms with E-state index < -0.39 is 5.54 Å². The maximum atomic E-state index is 12.4. The van der Waals surface area contributed by atoms with Crippen molar-refractivity contribution in [3.8, 4) is 16.9 Å². The van der Waals surface area contributed by atoms with Gasteiger partial charge in [-0.2, -0.15) is 0 Å². The molecule has 25 heavy (non-hydrogen) atoms. The van der Waals surface area contributed by atoms with E-state index in [2.05, 4.69) is 6.58 Å². The lowest BCUT2D eigenvalue weighted by atomic mass is 9.87. The number of carbonyl (C=O) groups excluding carboxylic acids is 1. The molecule has 1 saturated heterocycles. The molecule has 128 valence electrons. The van der Waals surface area contributed by atoms with Crippen LogP contribution in [0.3, 0.4) is 0 Å². The van der Waals surface area contributed by atoms with Gasteiger partial charge in [-0.05, 0) is 23.8 Å². The zero-order chi connectivity index (χ0) is 17.4. The lowest BCUT2D eigenvalue weighted by Gasteiger charge is -2.43. The quantitative estimate of drug-likeness (QED) is 0.772. The van der Waals surface area contributed by atoms with Crippen molar-refractivity contribution in [1.29, 1.82) is 0 Å². The van der Waals surface area contributed by atoms with E-state index >= 15 is 0 Å². The monoisotopic (exact) mass is 355 g/mol. The molecular weight excluding hydrogens is 338 g/mol. The van der Waals surface area contributed by atoms with Crippen molar-refractivity contribution in [3.63, 3.8) is 0 Å². The number of hydrogen-bond acceptors (Lipinski definition) is 3. The summed E-state index contributed by atoms with van der Waals surface area (Å²) in [6.07, 6.45) is 1.34. The zero-order valence-electron chi connectivity index (χ0n) is 13.7. The Hall–Kier alpha value is -2.30. The van der Waals surface area contributed by atoms with Gasteiger partial charge in [-0.25, -0.2) is 0 Å². The molecule has 1 amide bonds. The minimum absolute atomic E-state index is 0.124. The predicted molar refractivity (Wildman–Crippen MR) is 96.8 cm³/mol. The van der Waals surface area contributed by atoms with Crippen molar-refractivity contribution in [2.24, 2.45) is 0 Å². The maximum absolute atomic E-state index is 12.4. The van der Waals surface area contributed by atoms with Crippen molar-refractivity contribution in [3.05, 3.63) is 65.7 Å². The van der Waals surface area contributed by atoms with Gasteiger partial charge in [-0.1, -0.05) is 48.5 Å². The molecule has 2 heterocycles. The Kier molecular flexibility index (Phi) is 4.02. The number of benzene rings is 2. The predicted octanol–water partition coefficient (Wildman–Crippen LogP) is 3.64. The molecule has 5 heteroatoms. The Morgan fingerprint density at radius 1 is 1.24 bits per heavy atom. The standard InChI is InChI=1S/C20H18ClNO3/c1-2-18(23)22-8-9-24-12-20(22)13-25-19-16(10-15(21)11-17(19)20)14-6-4-3-5-7-14/h2-7,10-11H,1,8-9,12-13H2/t20-/m1/s1. The number of carbonyl (C=O) groups is 1. The molecule has 4 nitrogen and oxygen atoms in total. The third kappa shape index (κ3) is 2.53. The normalized spacial score (nSPS) is 21.7. The highest BCUT2D eigenvalue weighted by Crippen LogP contribution is 2.49. The fourth-order valence-corrected chi connectivity index (χ4v) is 3.88. The maximum Gasteiger partial charge on any atom is 0.246 e. The Morgan fingerprint density at radius 3 is 2.80 bits per heavy atom. The summed E-state index contributed by atoms with van der Waals surface area (Å²) in [4.78, 5) is 14.2. The van der Waals surface area contributed by atoms with Gasteiger partial charge in [0, 0.05) is 22.7 Å². The summed E-state index contributed by atoms with van der Waals surface area (Å²) in [5, 5.41) is 0.610. The summed E-state index contributed by atoms with van der Waals surface area (Å²) >= 11 is 6.42. The van der Waals surface area contributed by atoms with Crippen LogP contribution in [0.2, 0.25) is 5.02 Å². The van der Waals surface area contributed by atoms with Crippen LogP contribution in [0.15, 0.2) is 55.1 Å². The van der Waals surface area contributed by atoms with E-state index in [9.17, 15) is 4.79 Å². The van der Waals surface area contributed by atoms with Crippen LogP contribution in [0.5, 0.6) is 5.75 Å². The van der Waals surface area contributed by atoms with Crippen molar-refractivity contribution < 1.29 is 14.3 Å². The summed E-state index contributed by atoms with van der Waals surface area (Å²) in [7, 11) is 0. The summed E-state index contributed by atoms with van der Waals surface area (Å²) in [6.45, 7) is 5.37. The molecule has 1 fully saturated rings. The lowest BCUT2D eigenvalue weighted by molar-refractivity contribution is -0.146. The SMILES string of the molecule is C=CC(=O)N1CCOC[C@]12COc1c(-c3ccccc3)cc(Cl)cc12. The number of morpholine rings is 1. The molecule has 2 aromatic rings. The van der Waals surface area contributed by atoms with Crippen molar-refractivity contribution in [2.75, 3.05) is 26.4 Å². The van der Waals surface area contributed by atoms with Crippen LogP contribution in [-0.2, 0) is 15.1 Å². The molecule has 0 bridgehead atoms. The van der Waals surface area contributed by atoms with E-state index in [0.29, 0.717) is 31.4 Å². The first kappa shape index (κ1) is 16.2. The molecule has 0 aliphatic carbocycles. The van der Waals surface area contributed by atoms with Crippen molar-refractivity contribution in [2.45, 2.75) is 5.54 Å². The minimum atomic E-state index is -0.659. The average Bonchev–Trinajstić information content (AvgIpc) is 3.00. The number of hydrogen-bond donors (Lipinski definition) is 0. The van der Waals surface area contributed by atoms with Crippen LogP contribution in [0.1, 0.15) is 5.56 Å². The third-order valence-electron chi connectivity index (χ3n) is 4.85. The first-order valence-electron chi connectivity index (χ1n) is 8.20. The van der Waals surface area contributed by atoms with E-state index in [4.69, 9.17) is 21.1 Å². The van der Waals surface area contributed by atoms with Gasteiger partial charge < -0.3 is 14.4 Å². The van der Waals surface area contributed by atoms with Crippen LogP contribution in [0, 0.1) is 0 Å².